The number of halogens is 1. The third kappa shape index (κ3) is 4.72. The average molecular weight is 430 g/mol. The van der Waals surface area contributed by atoms with E-state index in [4.69, 9.17) is 4.74 Å². The number of allylic oxidation sites excluding steroid dienone is 3. The van der Waals surface area contributed by atoms with Gasteiger partial charge in [-0.15, -0.1) is 0 Å². The highest BCUT2D eigenvalue weighted by Gasteiger charge is 2.26. The van der Waals surface area contributed by atoms with Crippen LogP contribution in [0.2, 0.25) is 0 Å². The molecule has 1 saturated heterocycles. The van der Waals surface area contributed by atoms with Crippen LogP contribution in [0.25, 0.3) is 6.08 Å². The summed E-state index contributed by atoms with van der Waals surface area (Å²) >= 11 is 0. The number of aromatic nitrogens is 1. The molecule has 0 aromatic carbocycles. The van der Waals surface area contributed by atoms with Gasteiger partial charge in [0, 0.05) is 45.7 Å². The van der Waals surface area contributed by atoms with Crippen molar-refractivity contribution in [1.29, 1.82) is 0 Å². The molecule has 31 heavy (non-hydrogen) atoms. The molecule has 0 bridgehead atoms. The van der Waals surface area contributed by atoms with E-state index < -0.39 is 11.5 Å². The highest BCUT2D eigenvalue weighted by atomic mass is 19.1. The van der Waals surface area contributed by atoms with E-state index in [2.05, 4.69) is 15.5 Å². The Kier molecular flexibility index (Phi) is 6.53. The molecule has 9 heteroatoms. The second kappa shape index (κ2) is 9.49. The minimum Gasteiger partial charge on any atom is -0.505 e. The van der Waals surface area contributed by atoms with Gasteiger partial charge >= 0.3 is 0 Å². The lowest BCUT2D eigenvalue weighted by atomic mass is 10.0. The molecule has 1 aliphatic carbocycles. The maximum absolute atomic E-state index is 13.2. The summed E-state index contributed by atoms with van der Waals surface area (Å²) in [6.07, 6.45) is 7.50. The summed E-state index contributed by atoms with van der Waals surface area (Å²) in [7, 11) is 0. The Balaban J connectivity index is 1.58. The van der Waals surface area contributed by atoms with Crippen LogP contribution in [0.4, 0.5) is 10.1 Å². The molecule has 3 aliphatic rings. The highest BCUT2D eigenvalue weighted by molar-refractivity contribution is 5.99. The van der Waals surface area contributed by atoms with Crippen LogP contribution >= 0.6 is 0 Å². The normalized spacial score (nSPS) is 18.6. The number of fused-ring (bicyclic) bond motifs is 1. The van der Waals surface area contributed by atoms with E-state index in [1.165, 1.54) is 6.08 Å². The van der Waals surface area contributed by atoms with Gasteiger partial charge in [0.1, 0.15) is 17.1 Å². The lowest BCUT2D eigenvalue weighted by Gasteiger charge is -2.28. The molecule has 0 unspecified atom stereocenters. The van der Waals surface area contributed by atoms with Gasteiger partial charge in [-0.2, -0.15) is 0 Å². The smallest absolute Gasteiger partial charge is 0.267 e. The van der Waals surface area contributed by atoms with Crippen molar-refractivity contribution in [3.63, 3.8) is 0 Å². The summed E-state index contributed by atoms with van der Waals surface area (Å²) in [5.74, 6) is -1.17. The van der Waals surface area contributed by atoms with Crippen LogP contribution in [0.1, 0.15) is 28.9 Å². The van der Waals surface area contributed by atoms with Crippen molar-refractivity contribution in [3.8, 4) is 5.75 Å². The summed E-state index contributed by atoms with van der Waals surface area (Å²) < 4.78 is 20.1. The molecule has 3 heterocycles. The summed E-state index contributed by atoms with van der Waals surface area (Å²) in [5.41, 5.74) is 1.01. The van der Waals surface area contributed by atoms with Crippen LogP contribution in [0, 0.1) is 0 Å². The number of anilines is 1. The predicted molar refractivity (Wildman–Crippen MR) is 116 cm³/mol. The molecule has 1 fully saturated rings. The Bertz CT molecular complexity index is 1010. The molecule has 166 valence electrons. The van der Waals surface area contributed by atoms with Gasteiger partial charge < -0.3 is 25.0 Å². The molecule has 3 N–H and O–H groups in total. The highest BCUT2D eigenvalue weighted by Crippen LogP contribution is 2.32. The quantitative estimate of drug-likeness (QED) is 0.635. The first-order valence-electron chi connectivity index (χ1n) is 10.6. The van der Waals surface area contributed by atoms with Crippen LogP contribution in [-0.2, 0) is 11.3 Å². The number of nitrogens with zero attached hydrogens (tertiary/aromatic N) is 2. The maximum Gasteiger partial charge on any atom is 0.267 e. The van der Waals surface area contributed by atoms with Gasteiger partial charge in [0.2, 0.25) is 0 Å². The summed E-state index contributed by atoms with van der Waals surface area (Å²) in [6, 6.07) is 0. The zero-order chi connectivity index (χ0) is 21.8. The molecule has 1 aromatic rings. The zero-order valence-electron chi connectivity index (χ0n) is 17.3. The number of pyridine rings is 1. The van der Waals surface area contributed by atoms with E-state index in [-0.39, 0.29) is 23.7 Å². The Morgan fingerprint density at radius 1 is 1.23 bits per heavy atom. The number of rotatable bonds is 6. The molecule has 8 nitrogen and oxygen atoms in total. The second-order valence-corrected chi connectivity index (χ2v) is 7.80. The van der Waals surface area contributed by atoms with Crippen molar-refractivity contribution >= 4 is 17.7 Å². The first-order valence-corrected chi connectivity index (χ1v) is 10.6. The lowest BCUT2D eigenvalue weighted by Crippen LogP contribution is -2.41. The molecule has 4 rings (SSSR count). The Morgan fingerprint density at radius 3 is 2.77 bits per heavy atom. The first kappa shape index (κ1) is 21.3. The minimum atomic E-state index is -0.641. The molecule has 0 spiro atoms. The predicted octanol–water partition coefficient (Wildman–Crippen LogP) is 1.63. The van der Waals surface area contributed by atoms with E-state index in [0.717, 1.165) is 18.7 Å². The maximum atomic E-state index is 13.2. The number of nitrogens with one attached hydrogen (secondary N) is 2. The van der Waals surface area contributed by atoms with Crippen LogP contribution < -0.4 is 16.2 Å². The largest absolute Gasteiger partial charge is 0.505 e. The Labute approximate surface area is 179 Å². The molecular formula is C22H27FN4O4. The number of carbonyl (C=O) groups excluding carboxylic acids is 1. The number of carbonyl (C=O) groups is 1. The number of aromatic hydroxyl groups is 1. The third-order valence-corrected chi connectivity index (χ3v) is 5.78. The van der Waals surface area contributed by atoms with E-state index in [9.17, 15) is 19.1 Å². The second-order valence-electron chi connectivity index (χ2n) is 7.80. The first-order chi connectivity index (χ1) is 15.0. The van der Waals surface area contributed by atoms with Gasteiger partial charge in [-0.3, -0.25) is 14.5 Å². The fourth-order valence-corrected chi connectivity index (χ4v) is 3.98. The van der Waals surface area contributed by atoms with Crippen LogP contribution in [0.3, 0.4) is 0 Å². The van der Waals surface area contributed by atoms with Crippen molar-refractivity contribution in [2.75, 3.05) is 51.3 Å². The van der Waals surface area contributed by atoms with Crippen molar-refractivity contribution in [2.24, 2.45) is 0 Å². The Morgan fingerprint density at radius 2 is 2.03 bits per heavy atom. The number of morpholine rings is 1. The average Bonchev–Trinajstić information content (AvgIpc) is 2.79. The van der Waals surface area contributed by atoms with E-state index in [0.29, 0.717) is 57.1 Å². The fourth-order valence-electron chi connectivity index (χ4n) is 3.98. The van der Waals surface area contributed by atoms with E-state index in [1.54, 1.807) is 16.7 Å². The molecule has 1 aromatic heterocycles. The van der Waals surface area contributed by atoms with Gasteiger partial charge in [0.15, 0.2) is 5.75 Å². The Hall–Kier alpha value is -2.91. The minimum absolute atomic E-state index is 0.190. The lowest BCUT2D eigenvalue weighted by molar-refractivity contribution is 0.0362. The van der Waals surface area contributed by atoms with Crippen LogP contribution in [0.5, 0.6) is 5.75 Å². The van der Waals surface area contributed by atoms with Gasteiger partial charge in [-0.05, 0) is 18.6 Å². The van der Waals surface area contributed by atoms with Crippen molar-refractivity contribution in [3.05, 3.63) is 51.2 Å². The van der Waals surface area contributed by atoms with Gasteiger partial charge in [-0.1, -0.05) is 17.7 Å². The van der Waals surface area contributed by atoms with Crippen LogP contribution in [-0.4, -0.2) is 66.4 Å². The molecule has 1 amide bonds. The van der Waals surface area contributed by atoms with Crippen molar-refractivity contribution < 1.29 is 19.0 Å². The van der Waals surface area contributed by atoms with Crippen molar-refractivity contribution in [2.45, 2.75) is 19.4 Å². The third-order valence-electron chi connectivity index (χ3n) is 5.78. The summed E-state index contributed by atoms with van der Waals surface area (Å²) in [6.45, 7) is 4.62. The fraction of sp³-hybridized carbons (Fsp3) is 0.455. The molecule has 0 atom stereocenters. The van der Waals surface area contributed by atoms with Gasteiger partial charge in [0.05, 0.1) is 18.9 Å². The molecular weight excluding hydrogens is 403 g/mol. The molecule has 0 radical (unpaired) electrons. The number of ether oxygens (including phenoxy) is 1. The van der Waals surface area contributed by atoms with E-state index >= 15 is 0 Å². The summed E-state index contributed by atoms with van der Waals surface area (Å²) in [4.78, 5) is 28.3. The topological polar surface area (TPSA) is 95.8 Å². The number of hydrogen-bond acceptors (Lipinski definition) is 6. The number of hydrogen-bond donors (Lipinski definition) is 3. The monoisotopic (exact) mass is 430 g/mol. The van der Waals surface area contributed by atoms with Gasteiger partial charge in [0.25, 0.3) is 11.5 Å². The zero-order valence-corrected chi connectivity index (χ0v) is 17.3. The standard InChI is InChI=1S/C22H27FN4O4/c23-16-5-3-15(4-6-16)14-25-21(29)18-20(28)19-17(2-1-7-24-19)27(22(18)30)9-8-26-10-12-31-13-11-26/h1-3,5,24,28H,4,6-14H2,(H,25,29). The SMILES string of the molecule is O=C(NCC1=CC=C(F)CC1)c1c(O)c2c(n(CCN3CCOCC3)c1=O)C=CCN2. The molecule has 2 aliphatic heterocycles. The number of amides is 1. The molecule has 0 saturated carbocycles. The van der Waals surface area contributed by atoms with Gasteiger partial charge in [-0.25, -0.2) is 4.39 Å². The van der Waals surface area contributed by atoms with Crippen molar-refractivity contribution in [1.82, 2.24) is 14.8 Å². The van der Waals surface area contributed by atoms with E-state index in [1.807, 2.05) is 6.08 Å². The van der Waals surface area contributed by atoms with Crippen LogP contribution in [0.15, 0.2) is 34.4 Å². The summed E-state index contributed by atoms with van der Waals surface area (Å²) in [5, 5.41) is 16.5.